The van der Waals surface area contributed by atoms with Gasteiger partial charge in [0.2, 0.25) is 10.0 Å². The molecule has 0 amide bonds. The molecule has 30 heavy (non-hydrogen) atoms. The van der Waals surface area contributed by atoms with Crippen molar-refractivity contribution in [2.24, 2.45) is 0 Å². The Labute approximate surface area is 181 Å². The second-order valence-electron chi connectivity index (χ2n) is 7.96. The molecule has 1 fully saturated rings. The molecular formula is C23H25ClN2O3S. The highest BCUT2D eigenvalue weighted by molar-refractivity contribution is 7.89. The van der Waals surface area contributed by atoms with Crippen LogP contribution in [-0.4, -0.2) is 23.7 Å². The highest BCUT2D eigenvalue weighted by atomic mass is 35.5. The second-order valence-corrected chi connectivity index (χ2v) is 10.3. The first-order chi connectivity index (χ1) is 14.4. The van der Waals surface area contributed by atoms with Crippen LogP contribution in [0, 0.1) is 6.92 Å². The van der Waals surface area contributed by atoms with E-state index in [0.717, 1.165) is 48.6 Å². The summed E-state index contributed by atoms with van der Waals surface area (Å²) in [6.07, 6.45) is 4.70. The lowest BCUT2D eigenvalue weighted by Gasteiger charge is -2.33. The lowest BCUT2D eigenvalue weighted by Crippen LogP contribution is -2.42. The van der Waals surface area contributed by atoms with Gasteiger partial charge in [0, 0.05) is 23.2 Å². The Balaban J connectivity index is 1.77. The number of H-pyrrole nitrogens is 1. The lowest BCUT2D eigenvalue weighted by atomic mass is 9.95. The Hall–Kier alpha value is -2.15. The van der Waals surface area contributed by atoms with E-state index >= 15 is 0 Å². The van der Waals surface area contributed by atoms with Gasteiger partial charge in [-0.2, -0.15) is 4.31 Å². The zero-order valence-electron chi connectivity index (χ0n) is 16.9. The zero-order valence-corrected chi connectivity index (χ0v) is 18.5. The van der Waals surface area contributed by atoms with E-state index < -0.39 is 10.0 Å². The number of aromatic nitrogens is 1. The fourth-order valence-electron chi connectivity index (χ4n) is 4.24. The van der Waals surface area contributed by atoms with Crippen molar-refractivity contribution in [3.63, 3.8) is 0 Å². The predicted octanol–water partition coefficient (Wildman–Crippen LogP) is 5.01. The van der Waals surface area contributed by atoms with Crippen LogP contribution in [0.2, 0.25) is 5.02 Å². The molecule has 1 aliphatic rings. The molecule has 1 aliphatic carbocycles. The highest BCUT2D eigenvalue weighted by Gasteiger charge is 2.33. The van der Waals surface area contributed by atoms with Gasteiger partial charge in [0.1, 0.15) is 0 Å². The number of halogens is 1. The Morgan fingerprint density at radius 3 is 2.47 bits per heavy atom. The van der Waals surface area contributed by atoms with Gasteiger partial charge in [0.15, 0.2) is 0 Å². The summed E-state index contributed by atoms with van der Waals surface area (Å²) in [6.45, 7) is 1.99. The minimum Gasteiger partial charge on any atom is -0.321 e. The van der Waals surface area contributed by atoms with E-state index in [4.69, 9.17) is 11.6 Å². The molecule has 3 aromatic rings. The van der Waals surface area contributed by atoms with Crippen molar-refractivity contribution < 1.29 is 8.42 Å². The number of nitrogens with zero attached hydrogens (tertiary/aromatic N) is 1. The van der Waals surface area contributed by atoms with Gasteiger partial charge in [-0.15, -0.1) is 0 Å². The summed E-state index contributed by atoms with van der Waals surface area (Å²) in [5, 5.41) is 1.39. The van der Waals surface area contributed by atoms with Crippen molar-refractivity contribution in [1.82, 2.24) is 9.29 Å². The molecule has 0 unspecified atom stereocenters. The molecule has 158 valence electrons. The van der Waals surface area contributed by atoms with Crippen molar-refractivity contribution in [3.8, 4) is 0 Å². The molecule has 0 atom stereocenters. The molecule has 2 aromatic carbocycles. The topological polar surface area (TPSA) is 70.2 Å². The molecule has 1 saturated carbocycles. The summed E-state index contributed by atoms with van der Waals surface area (Å²) in [5.41, 5.74) is 1.98. The van der Waals surface area contributed by atoms with Crippen LogP contribution in [0.25, 0.3) is 10.9 Å². The van der Waals surface area contributed by atoms with Gasteiger partial charge in [-0.05, 0) is 61.0 Å². The molecule has 5 nitrogen and oxygen atoms in total. The van der Waals surface area contributed by atoms with Crippen LogP contribution in [-0.2, 0) is 16.6 Å². The summed E-state index contributed by atoms with van der Waals surface area (Å²) in [5.74, 6) is 0. The Morgan fingerprint density at radius 2 is 1.77 bits per heavy atom. The van der Waals surface area contributed by atoms with Crippen LogP contribution < -0.4 is 5.56 Å². The smallest absolute Gasteiger partial charge is 0.252 e. The predicted molar refractivity (Wildman–Crippen MR) is 120 cm³/mol. The number of aromatic amines is 1. The SMILES string of the molecule is Cc1cccc2cc(CN(C3CCCCC3)S(=O)(=O)c3ccc(Cl)cc3)c(=O)[nH]c12. The molecule has 0 radical (unpaired) electrons. The third-order valence-corrected chi connectivity index (χ3v) is 8.06. The van der Waals surface area contributed by atoms with E-state index in [1.165, 1.54) is 16.4 Å². The fourth-order valence-corrected chi connectivity index (χ4v) is 6.02. The number of hydrogen-bond acceptors (Lipinski definition) is 3. The quantitative estimate of drug-likeness (QED) is 0.601. The number of nitrogens with one attached hydrogen (secondary N) is 1. The minimum atomic E-state index is -3.77. The molecule has 0 spiro atoms. The first-order valence-electron chi connectivity index (χ1n) is 10.3. The van der Waals surface area contributed by atoms with Crippen LogP contribution in [0.5, 0.6) is 0 Å². The standard InChI is InChI=1S/C23H25ClN2O3S/c1-16-6-5-7-17-14-18(23(27)25-22(16)17)15-26(20-8-3-2-4-9-20)30(28,29)21-12-10-19(24)11-13-21/h5-7,10-14,20H,2-4,8-9,15H2,1H3,(H,25,27). The molecule has 7 heteroatoms. The van der Waals surface area contributed by atoms with Crippen molar-refractivity contribution in [2.75, 3.05) is 0 Å². The molecule has 1 aromatic heterocycles. The van der Waals surface area contributed by atoms with Gasteiger partial charge in [-0.1, -0.05) is 49.1 Å². The maximum absolute atomic E-state index is 13.5. The van der Waals surface area contributed by atoms with Crippen molar-refractivity contribution in [3.05, 3.63) is 75.0 Å². The Kier molecular flexibility index (Phi) is 6.00. The van der Waals surface area contributed by atoms with Gasteiger partial charge in [0.05, 0.1) is 10.4 Å². The van der Waals surface area contributed by atoms with Gasteiger partial charge < -0.3 is 4.98 Å². The minimum absolute atomic E-state index is 0.0504. The van der Waals surface area contributed by atoms with Crippen molar-refractivity contribution >= 4 is 32.5 Å². The fraction of sp³-hybridized carbons (Fsp3) is 0.348. The Morgan fingerprint density at radius 1 is 1.07 bits per heavy atom. The van der Waals surface area contributed by atoms with Gasteiger partial charge in [0.25, 0.3) is 5.56 Å². The number of fused-ring (bicyclic) bond motifs is 1. The van der Waals surface area contributed by atoms with E-state index in [-0.39, 0.29) is 23.0 Å². The number of benzene rings is 2. The first-order valence-corrected chi connectivity index (χ1v) is 12.1. The summed E-state index contributed by atoms with van der Waals surface area (Å²) in [7, 11) is -3.77. The number of rotatable bonds is 5. The molecule has 0 saturated heterocycles. The molecular weight excluding hydrogens is 420 g/mol. The number of hydrogen-bond donors (Lipinski definition) is 1. The van der Waals surface area contributed by atoms with E-state index in [1.54, 1.807) is 12.1 Å². The van der Waals surface area contributed by atoms with Crippen LogP contribution in [0.15, 0.2) is 58.2 Å². The summed E-state index contributed by atoms with van der Waals surface area (Å²) >= 11 is 5.95. The van der Waals surface area contributed by atoms with Gasteiger partial charge in [-0.25, -0.2) is 8.42 Å². The number of sulfonamides is 1. The van der Waals surface area contributed by atoms with Crippen molar-refractivity contribution in [2.45, 2.75) is 56.5 Å². The third-order valence-electron chi connectivity index (χ3n) is 5.89. The molecule has 4 rings (SSSR count). The second kappa shape index (κ2) is 8.53. The summed E-state index contributed by atoms with van der Waals surface area (Å²) in [4.78, 5) is 16.0. The van der Waals surface area contributed by atoms with Crippen LogP contribution in [0.4, 0.5) is 0 Å². The monoisotopic (exact) mass is 444 g/mol. The highest BCUT2D eigenvalue weighted by Crippen LogP contribution is 2.30. The number of aryl methyl sites for hydroxylation is 1. The lowest BCUT2D eigenvalue weighted by molar-refractivity contribution is 0.247. The third kappa shape index (κ3) is 4.17. The van der Waals surface area contributed by atoms with Gasteiger partial charge in [-0.3, -0.25) is 4.79 Å². The number of pyridine rings is 1. The maximum Gasteiger partial charge on any atom is 0.252 e. The largest absolute Gasteiger partial charge is 0.321 e. The first kappa shape index (κ1) is 21.1. The van der Waals surface area contributed by atoms with Crippen LogP contribution in [0.3, 0.4) is 0 Å². The van der Waals surface area contributed by atoms with Gasteiger partial charge >= 0.3 is 0 Å². The maximum atomic E-state index is 13.5. The van der Waals surface area contributed by atoms with Crippen molar-refractivity contribution in [1.29, 1.82) is 0 Å². The van der Waals surface area contributed by atoms with E-state index in [0.29, 0.717) is 10.6 Å². The average molecular weight is 445 g/mol. The summed E-state index contributed by atoms with van der Waals surface area (Å²) < 4.78 is 28.6. The molecule has 1 heterocycles. The average Bonchev–Trinajstić information content (AvgIpc) is 2.74. The number of para-hydroxylation sites is 1. The Bertz CT molecular complexity index is 1210. The molecule has 1 N–H and O–H groups in total. The summed E-state index contributed by atoms with van der Waals surface area (Å²) in [6, 6.07) is 13.7. The normalized spacial score (nSPS) is 15.7. The van der Waals surface area contributed by atoms with Crippen LogP contribution >= 0.6 is 11.6 Å². The zero-order chi connectivity index (χ0) is 21.3. The van der Waals surface area contributed by atoms with E-state index in [1.807, 2.05) is 31.2 Å². The van der Waals surface area contributed by atoms with E-state index in [2.05, 4.69) is 4.98 Å². The van der Waals surface area contributed by atoms with E-state index in [9.17, 15) is 13.2 Å². The van der Waals surface area contributed by atoms with Crippen LogP contribution in [0.1, 0.15) is 43.2 Å². The molecule has 0 aliphatic heterocycles. The molecule has 0 bridgehead atoms.